The van der Waals surface area contributed by atoms with Crippen LogP contribution in [0.4, 0.5) is 0 Å². The predicted octanol–water partition coefficient (Wildman–Crippen LogP) is 1.52. The molecule has 0 bridgehead atoms. The molecule has 2 N–H and O–H groups in total. The molecule has 1 heterocycles. The summed E-state index contributed by atoms with van der Waals surface area (Å²) < 4.78 is 8.32. The fourth-order valence-corrected chi connectivity index (χ4v) is 1.92. The third-order valence-corrected chi connectivity index (χ3v) is 2.42. The first kappa shape index (κ1) is 8.52. The van der Waals surface area contributed by atoms with Crippen LogP contribution in [0, 0.1) is 0 Å². The summed E-state index contributed by atoms with van der Waals surface area (Å²) in [5, 5.41) is 0. The highest BCUT2D eigenvalue weighted by molar-refractivity contribution is 7.80. The maximum Gasteiger partial charge on any atom is 0.108 e. The predicted molar refractivity (Wildman–Crippen MR) is 57.9 cm³/mol. The van der Waals surface area contributed by atoms with Crippen LogP contribution in [0.2, 0.25) is 0 Å². The van der Waals surface area contributed by atoms with Crippen LogP contribution < -0.4 is 5.73 Å². The van der Waals surface area contributed by atoms with Crippen LogP contribution in [0.5, 0.6) is 0 Å². The molecule has 1 aromatic carbocycles. The number of thiocarbonyl (C=S) groups is 1. The topological polar surface area (TPSA) is 51.8 Å². The Kier molecular flexibility index (Phi) is 2.20. The van der Waals surface area contributed by atoms with Crippen LogP contribution >= 0.6 is 23.9 Å². The first-order valence-electron chi connectivity index (χ1n) is 3.76. The molecular formula is C8H7N3S2. The molecule has 0 radical (unpaired) electrons. The normalized spacial score (nSPS) is 10.5. The molecule has 0 atom stereocenters. The molecule has 0 saturated carbocycles. The largest absolute Gasteiger partial charge is 0.393 e. The first-order chi connectivity index (χ1) is 6.27. The molecule has 5 heteroatoms. The van der Waals surface area contributed by atoms with Crippen LogP contribution in [0.25, 0.3) is 11.0 Å². The molecule has 0 aliphatic heterocycles. The number of hydrogen-bond donors (Lipinski definition) is 1. The van der Waals surface area contributed by atoms with Crippen molar-refractivity contribution in [2.75, 3.05) is 0 Å². The van der Waals surface area contributed by atoms with Crippen molar-refractivity contribution in [3.8, 4) is 0 Å². The van der Waals surface area contributed by atoms with Crippen LogP contribution in [0.15, 0.2) is 18.2 Å². The maximum atomic E-state index is 5.47. The Labute approximate surface area is 84.9 Å². The second-order valence-corrected chi connectivity index (χ2v) is 3.75. The van der Waals surface area contributed by atoms with Gasteiger partial charge in [-0.05, 0) is 11.6 Å². The van der Waals surface area contributed by atoms with Gasteiger partial charge in [0.25, 0.3) is 0 Å². The summed E-state index contributed by atoms with van der Waals surface area (Å²) in [6.07, 6.45) is 0.595. The number of aromatic nitrogens is 2. The zero-order valence-corrected chi connectivity index (χ0v) is 8.36. The van der Waals surface area contributed by atoms with Crippen LogP contribution in [0.3, 0.4) is 0 Å². The first-order valence-corrected chi connectivity index (χ1v) is 4.89. The number of benzene rings is 1. The zero-order valence-electron chi connectivity index (χ0n) is 6.73. The second kappa shape index (κ2) is 3.35. The van der Waals surface area contributed by atoms with Crippen molar-refractivity contribution in [1.29, 1.82) is 0 Å². The van der Waals surface area contributed by atoms with Gasteiger partial charge in [0.1, 0.15) is 11.0 Å². The molecule has 0 spiro atoms. The summed E-state index contributed by atoms with van der Waals surface area (Å²) in [5.41, 5.74) is 8.36. The highest BCUT2D eigenvalue weighted by Crippen LogP contribution is 2.16. The van der Waals surface area contributed by atoms with Crippen molar-refractivity contribution in [2.24, 2.45) is 5.73 Å². The molecule has 13 heavy (non-hydrogen) atoms. The summed E-state index contributed by atoms with van der Waals surface area (Å²) >= 11 is 6.06. The summed E-state index contributed by atoms with van der Waals surface area (Å²) in [4.78, 5) is 0.487. The van der Waals surface area contributed by atoms with E-state index in [9.17, 15) is 0 Å². The number of nitrogens with zero attached hydrogens (tertiary/aromatic N) is 2. The van der Waals surface area contributed by atoms with Crippen LogP contribution in [0.1, 0.15) is 5.56 Å². The summed E-state index contributed by atoms with van der Waals surface area (Å²) in [5.74, 6) is 0. The minimum atomic E-state index is 0.487. The Morgan fingerprint density at radius 1 is 1.46 bits per heavy atom. The highest BCUT2D eigenvalue weighted by atomic mass is 32.1. The van der Waals surface area contributed by atoms with Gasteiger partial charge in [-0.15, -0.1) is 0 Å². The SMILES string of the molecule is NC(=S)Cc1cccc2nsnc12. The molecule has 66 valence electrons. The van der Waals surface area contributed by atoms with E-state index < -0.39 is 0 Å². The Bertz CT molecular complexity index is 449. The quantitative estimate of drug-likeness (QED) is 0.762. The van der Waals surface area contributed by atoms with Gasteiger partial charge in [-0.25, -0.2) is 0 Å². The van der Waals surface area contributed by atoms with E-state index in [2.05, 4.69) is 8.75 Å². The third kappa shape index (κ3) is 1.66. The fraction of sp³-hybridized carbons (Fsp3) is 0.125. The molecule has 0 aliphatic rings. The summed E-state index contributed by atoms with van der Waals surface area (Å²) in [6, 6.07) is 5.85. The van der Waals surface area contributed by atoms with E-state index >= 15 is 0 Å². The maximum absolute atomic E-state index is 5.47. The number of hydrogen-bond acceptors (Lipinski definition) is 4. The van der Waals surface area contributed by atoms with Gasteiger partial charge in [-0.3, -0.25) is 0 Å². The standard InChI is InChI=1S/C8H7N3S2/c9-7(12)4-5-2-1-3-6-8(5)11-13-10-6/h1-3H,4H2,(H2,9,12). The Hall–Kier alpha value is -1.07. The van der Waals surface area contributed by atoms with Crippen molar-refractivity contribution in [3.05, 3.63) is 23.8 Å². The molecule has 3 nitrogen and oxygen atoms in total. The Morgan fingerprint density at radius 3 is 3.08 bits per heavy atom. The van der Waals surface area contributed by atoms with E-state index in [-0.39, 0.29) is 0 Å². The van der Waals surface area contributed by atoms with Gasteiger partial charge in [0.15, 0.2) is 0 Å². The molecular weight excluding hydrogens is 202 g/mol. The second-order valence-electron chi connectivity index (χ2n) is 2.69. The molecule has 1 aromatic heterocycles. The smallest absolute Gasteiger partial charge is 0.108 e. The minimum absolute atomic E-state index is 0.487. The lowest BCUT2D eigenvalue weighted by Gasteiger charge is -1.98. The lowest BCUT2D eigenvalue weighted by Crippen LogP contribution is -2.11. The lowest BCUT2D eigenvalue weighted by atomic mass is 10.1. The van der Waals surface area contributed by atoms with E-state index in [1.165, 1.54) is 11.7 Å². The lowest BCUT2D eigenvalue weighted by molar-refractivity contribution is 1.35. The average molecular weight is 209 g/mol. The highest BCUT2D eigenvalue weighted by Gasteiger charge is 2.04. The number of nitrogens with two attached hydrogens (primary N) is 1. The minimum Gasteiger partial charge on any atom is -0.393 e. The molecule has 0 saturated heterocycles. The monoisotopic (exact) mass is 209 g/mol. The van der Waals surface area contributed by atoms with Crippen molar-refractivity contribution >= 4 is 40.0 Å². The van der Waals surface area contributed by atoms with E-state index in [1.54, 1.807) is 0 Å². The zero-order chi connectivity index (χ0) is 9.26. The van der Waals surface area contributed by atoms with Gasteiger partial charge >= 0.3 is 0 Å². The van der Waals surface area contributed by atoms with Crippen LogP contribution in [-0.2, 0) is 6.42 Å². The van der Waals surface area contributed by atoms with Gasteiger partial charge in [0.2, 0.25) is 0 Å². The molecule has 0 fully saturated rings. The fourth-order valence-electron chi connectivity index (χ4n) is 1.19. The van der Waals surface area contributed by atoms with Gasteiger partial charge < -0.3 is 5.73 Å². The van der Waals surface area contributed by atoms with Crippen molar-refractivity contribution < 1.29 is 0 Å². The Morgan fingerprint density at radius 2 is 2.31 bits per heavy atom. The van der Waals surface area contributed by atoms with Crippen molar-refractivity contribution in [3.63, 3.8) is 0 Å². The summed E-state index contributed by atoms with van der Waals surface area (Å²) in [7, 11) is 0. The van der Waals surface area contributed by atoms with Gasteiger partial charge in [0, 0.05) is 6.42 Å². The summed E-state index contributed by atoms with van der Waals surface area (Å²) in [6.45, 7) is 0. The van der Waals surface area contributed by atoms with Crippen LogP contribution in [-0.4, -0.2) is 13.7 Å². The average Bonchev–Trinajstić information content (AvgIpc) is 2.51. The molecule has 0 amide bonds. The van der Waals surface area contributed by atoms with E-state index in [0.29, 0.717) is 11.4 Å². The number of fused-ring (bicyclic) bond motifs is 1. The Balaban J connectivity index is 2.54. The molecule has 2 aromatic rings. The van der Waals surface area contributed by atoms with E-state index in [4.69, 9.17) is 18.0 Å². The van der Waals surface area contributed by atoms with Crippen molar-refractivity contribution in [2.45, 2.75) is 6.42 Å². The van der Waals surface area contributed by atoms with E-state index in [0.717, 1.165) is 16.6 Å². The molecule has 0 aliphatic carbocycles. The third-order valence-electron chi connectivity index (χ3n) is 1.73. The molecule has 2 rings (SSSR count). The molecule has 0 unspecified atom stereocenters. The van der Waals surface area contributed by atoms with Crippen molar-refractivity contribution in [1.82, 2.24) is 8.75 Å². The van der Waals surface area contributed by atoms with E-state index in [1.807, 2.05) is 18.2 Å². The van der Waals surface area contributed by atoms with Gasteiger partial charge in [0.05, 0.1) is 16.7 Å². The van der Waals surface area contributed by atoms with Gasteiger partial charge in [-0.1, -0.05) is 24.4 Å². The van der Waals surface area contributed by atoms with Gasteiger partial charge in [-0.2, -0.15) is 8.75 Å². The number of rotatable bonds is 2.